The molecule has 0 radical (unpaired) electrons. The van der Waals surface area contributed by atoms with Crippen molar-refractivity contribution in [2.45, 2.75) is 58.5 Å². The number of carbonyl (C=O) groups is 1. The van der Waals surface area contributed by atoms with E-state index in [0.717, 1.165) is 32.1 Å². The van der Waals surface area contributed by atoms with Crippen molar-refractivity contribution >= 4 is 5.97 Å². The van der Waals surface area contributed by atoms with Crippen LogP contribution in [0.25, 0.3) is 0 Å². The Morgan fingerprint density at radius 3 is 2.31 bits per heavy atom. The third kappa shape index (κ3) is 3.21. The first-order valence-electron chi connectivity index (χ1n) is 6.48. The first-order valence-corrected chi connectivity index (χ1v) is 6.48. The normalized spacial score (nSPS) is 23.7. The van der Waals surface area contributed by atoms with Gasteiger partial charge in [-0.1, -0.05) is 39.5 Å². The summed E-state index contributed by atoms with van der Waals surface area (Å²) in [6, 6.07) is 0. The third-order valence-corrected chi connectivity index (χ3v) is 4.04. The molecule has 0 aliphatic heterocycles. The van der Waals surface area contributed by atoms with E-state index in [1.807, 2.05) is 13.8 Å². The monoisotopic (exact) mass is 228 g/mol. The fourth-order valence-corrected chi connectivity index (χ4v) is 2.72. The molecule has 0 amide bonds. The van der Waals surface area contributed by atoms with Crippen LogP contribution in [0.2, 0.25) is 0 Å². The molecule has 3 nitrogen and oxygen atoms in total. The van der Waals surface area contributed by atoms with Crippen molar-refractivity contribution in [3.63, 3.8) is 0 Å². The van der Waals surface area contributed by atoms with E-state index < -0.39 is 18.0 Å². The highest BCUT2D eigenvalue weighted by atomic mass is 16.4. The average molecular weight is 228 g/mol. The van der Waals surface area contributed by atoms with Crippen molar-refractivity contribution in [1.82, 2.24) is 0 Å². The van der Waals surface area contributed by atoms with Crippen LogP contribution in [0, 0.1) is 17.8 Å². The zero-order chi connectivity index (χ0) is 12.1. The topological polar surface area (TPSA) is 57.5 Å². The average Bonchev–Trinajstić information content (AvgIpc) is 2.29. The predicted octanol–water partition coefficient (Wildman–Crippen LogP) is 2.67. The summed E-state index contributed by atoms with van der Waals surface area (Å²) in [4.78, 5) is 11.3. The minimum absolute atomic E-state index is 0.0722. The molecule has 2 N–H and O–H groups in total. The van der Waals surface area contributed by atoms with Crippen LogP contribution in [-0.2, 0) is 4.79 Å². The second-order valence-electron chi connectivity index (χ2n) is 5.14. The van der Waals surface area contributed by atoms with Gasteiger partial charge in [-0.15, -0.1) is 0 Å². The Morgan fingerprint density at radius 1 is 1.31 bits per heavy atom. The number of aliphatic carboxylic acids is 1. The molecule has 3 atom stereocenters. The lowest BCUT2D eigenvalue weighted by Crippen LogP contribution is -2.39. The van der Waals surface area contributed by atoms with Crippen LogP contribution >= 0.6 is 0 Å². The molecule has 1 fully saturated rings. The maximum Gasteiger partial charge on any atom is 0.309 e. The van der Waals surface area contributed by atoms with E-state index in [0.29, 0.717) is 0 Å². The lowest BCUT2D eigenvalue weighted by Gasteiger charge is -2.33. The lowest BCUT2D eigenvalue weighted by atomic mass is 9.74. The number of carboxylic acid groups (broad SMARTS) is 1. The maximum absolute atomic E-state index is 11.3. The summed E-state index contributed by atoms with van der Waals surface area (Å²) in [5.74, 6) is -1.13. The van der Waals surface area contributed by atoms with Gasteiger partial charge >= 0.3 is 5.97 Å². The molecular formula is C13H24O3. The molecule has 0 aromatic carbocycles. The van der Waals surface area contributed by atoms with Gasteiger partial charge in [-0.3, -0.25) is 4.79 Å². The highest BCUT2D eigenvalue weighted by molar-refractivity contribution is 5.71. The number of hydrogen-bond donors (Lipinski definition) is 2. The molecule has 0 unspecified atom stereocenters. The van der Waals surface area contributed by atoms with Gasteiger partial charge in [-0.25, -0.2) is 0 Å². The van der Waals surface area contributed by atoms with Gasteiger partial charge in [-0.05, 0) is 24.7 Å². The lowest BCUT2D eigenvalue weighted by molar-refractivity contribution is -0.151. The van der Waals surface area contributed by atoms with Crippen LogP contribution in [-0.4, -0.2) is 22.3 Å². The molecule has 1 aliphatic carbocycles. The Labute approximate surface area is 97.9 Å². The molecule has 0 saturated heterocycles. The molecule has 3 heteroatoms. The molecule has 0 spiro atoms. The molecule has 0 bridgehead atoms. The van der Waals surface area contributed by atoms with Crippen molar-refractivity contribution in [3.8, 4) is 0 Å². The smallest absolute Gasteiger partial charge is 0.309 e. The fraction of sp³-hybridized carbons (Fsp3) is 0.923. The maximum atomic E-state index is 11.3. The van der Waals surface area contributed by atoms with Crippen LogP contribution in [0.5, 0.6) is 0 Å². The highest BCUT2D eigenvalue weighted by Crippen LogP contribution is 2.34. The van der Waals surface area contributed by atoms with Gasteiger partial charge in [0.15, 0.2) is 0 Å². The second-order valence-corrected chi connectivity index (χ2v) is 5.14. The zero-order valence-corrected chi connectivity index (χ0v) is 10.4. The number of rotatable bonds is 5. The van der Waals surface area contributed by atoms with Gasteiger partial charge in [0, 0.05) is 0 Å². The standard InChI is InChI=1S/C13H24O3/c1-3-9(2)12(14)11(13(15)16)10-7-5-4-6-8-10/h9-12,14H,3-8H2,1-2H3,(H,15,16)/t9-,11+,12-/m0/s1. The number of carboxylic acids is 1. The minimum atomic E-state index is -0.820. The van der Waals surface area contributed by atoms with Gasteiger partial charge < -0.3 is 10.2 Å². The quantitative estimate of drug-likeness (QED) is 0.760. The summed E-state index contributed by atoms with van der Waals surface area (Å²) in [5, 5.41) is 19.4. The van der Waals surface area contributed by atoms with E-state index in [4.69, 9.17) is 0 Å². The van der Waals surface area contributed by atoms with Crippen LogP contribution in [0.3, 0.4) is 0 Å². The van der Waals surface area contributed by atoms with Crippen molar-refractivity contribution in [3.05, 3.63) is 0 Å². The minimum Gasteiger partial charge on any atom is -0.481 e. The van der Waals surface area contributed by atoms with Gasteiger partial charge in [-0.2, -0.15) is 0 Å². The predicted molar refractivity (Wildman–Crippen MR) is 63.2 cm³/mol. The Hall–Kier alpha value is -0.570. The SMILES string of the molecule is CC[C@H](C)[C@H](O)[C@H](C(=O)O)C1CCCCC1. The van der Waals surface area contributed by atoms with E-state index in [-0.39, 0.29) is 11.8 Å². The van der Waals surface area contributed by atoms with Gasteiger partial charge in [0.25, 0.3) is 0 Å². The summed E-state index contributed by atoms with van der Waals surface area (Å²) in [6.45, 7) is 3.93. The first kappa shape index (κ1) is 13.5. The third-order valence-electron chi connectivity index (χ3n) is 4.04. The van der Waals surface area contributed by atoms with Crippen LogP contribution < -0.4 is 0 Å². The number of aliphatic hydroxyl groups is 1. The van der Waals surface area contributed by atoms with E-state index in [9.17, 15) is 15.0 Å². The molecule has 16 heavy (non-hydrogen) atoms. The second kappa shape index (κ2) is 6.24. The van der Waals surface area contributed by atoms with Crippen molar-refractivity contribution in [2.24, 2.45) is 17.8 Å². The largest absolute Gasteiger partial charge is 0.481 e. The van der Waals surface area contributed by atoms with Crippen molar-refractivity contribution < 1.29 is 15.0 Å². The summed E-state index contributed by atoms with van der Waals surface area (Å²) >= 11 is 0. The van der Waals surface area contributed by atoms with Crippen molar-refractivity contribution in [1.29, 1.82) is 0 Å². The molecule has 1 rings (SSSR count). The van der Waals surface area contributed by atoms with Crippen LogP contribution in [0.15, 0.2) is 0 Å². The fourth-order valence-electron chi connectivity index (χ4n) is 2.72. The molecule has 0 aromatic heterocycles. The van der Waals surface area contributed by atoms with E-state index in [1.165, 1.54) is 6.42 Å². The summed E-state index contributed by atoms with van der Waals surface area (Å²) in [5.41, 5.74) is 0. The van der Waals surface area contributed by atoms with Crippen molar-refractivity contribution in [2.75, 3.05) is 0 Å². The Kier molecular flexibility index (Phi) is 5.26. The van der Waals surface area contributed by atoms with Crippen LogP contribution in [0.4, 0.5) is 0 Å². The summed E-state index contributed by atoms with van der Waals surface area (Å²) in [7, 11) is 0. The molecule has 0 heterocycles. The molecular weight excluding hydrogens is 204 g/mol. The molecule has 94 valence electrons. The van der Waals surface area contributed by atoms with E-state index in [2.05, 4.69) is 0 Å². The van der Waals surface area contributed by atoms with Crippen LogP contribution in [0.1, 0.15) is 52.4 Å². The van der Waals surface area contributed by atoms with Gasteiger partial charge in [0.2, 0.25) is 0 Å². The zero-order valence-electron chi connectivity index (χ0n) is 10.4. The van der Waals surface area contributed by atoms with E-state index in [1.54, 1.807) is 0 Å². The Bertz CT molecular complexity index is 219. The summed E-state index contributed by atoms with van der Waals surface area (Å²) < 4.78 is 0. The van der Waals surface area contributed by atoms with Gasteiger partial charge in [0.1, 0.15) is 0 Å². The Morgan fingerprint density at radius 2 is 1.88 bits per heavy atom. The first-order chi connectivity index (χ1) is 7.57. The number of hydrogen-bond acceptors (Lipinski definition) is 2. The molecule has 1 aliphatic rings. The molecule has 1 saturated carbocycles. The van der Waals surface area contributed by atoms with Gasteiger partial charge in [0.05, 0.1) is 12.0 Å². The van der Waals surface area contributed by atoms with E-state index >= 15 is 0 Å². The summed E-state index contributed by atoms with van der Waals surface area (Å²) in [6.07, 6.45) is 5.50. The Balaban J connectivity index is 2.68. The highest BCUT2D eigenvalue weighted by Gasteiger charge is 2.37. The number of aliphatic hydroxyl groups excluding tert-OH is 1. The molecule has 0 aromatic rings.